The van der Waals surface area contributed by atoms with E-state index in [0.29, 0.717) is 32.2 Å². The molecule has 2 saturated heterocycles. The molecule has 27 heavy (non-hydrogen) atoms. The molecule has 0 spiro atoms. The number of rotatable bonds is 4. The summed E-state index contributed by atoms with van der Waals surface area (Å²) in [5.41, 5.74) is 1.15. The molecular formula is C18H29N5O3S. The summed E-state index contributed by atoms with van der Waals surface area (Å²) in [5.74, 6) is 0. The van der Waals surface area contributed by atoms with Crippen LogP contribution in [0.2, 0.25) is 0 Å². The third kappa shape index (κ3) is 4.13. The average Bonchev–Trinajstić information content (AvgIpc) is 3.44. The summed E-state index contributed by atoms with van der Waals surface area (Å²) < 4.78 is 28.5. The number of nitrogens with one attached hydrogen (secondary N) is 1. The van der Waals surface area contributed by atoms with Gasteiger partial charge in [0, 0.05) is 38.4 Å². The zero-order valence-electron chi connectivity index (χ0n) is 15.9. The molecular weight excluding hydrogens is 366 g/mol. The van der Waals surface area contributed by atoms with Gasteiger partial charge in [0.05, 0.1) is 17.5 Å². The molecule has 1 saturated carbocycles. The summed E-state index contributed by atoms with van der Waals surface area (Å²) in [7, 11) is -3.16. The highest BCUT2D eigenvalue weighted by Crippen LogP contribution is 2.32. The monoisotopic (exact) mass is 395 g/mol. The number of amides is 2. The molecule has 1 atom stereocenters. The lowest BCUT2D eigenvalue weighted by Gasteiger charge is -2.36. The molecule has 1 aliphatic carbocycles. The molecule has 2 aliphatic heterocycles. The summed E-state index contributed by atoms with van der Waals surface area (Å²) in [6.07, 6.45) is 8.90. The molecule has 0 aromatic carbocycles. The number of sulfonamides is 1. The SMILES string of the molecule is Cc1cnn(C2CCN(C(=O)N[C@@H]3CCCN(S(=O)(=O)C4CC4)C3)CC2)c1. The normalized spacial score (nSPS) is 25.5. The van der Waals surface area contributed by atoms with Gasteiger partial charge in [0.1, 0.15) is 0 Å². The number of urea groups is 1. The molecule has 0 unspecified atom stereocenters. The van der Waals surface area contributed by atoms with Gasteiger partial charge in [0.15, 0.2) is 0 Å². The van der Waals surface area contributed by atoms with Crippen molar-refractivity contribution in [2.45, 2.75) is 62.8 Å². The quantitative estimate of drug-likeness (QED) is 0.837. The van der Waals surface area contributed by atoms with Gasteiger partial charge in [-0.05, 0) is 51.0 Å². The highest BCUT2D eigenvalue weighted by Gasteiger charge is 2.41. The van der Waals surface area contributed by atoms with Gasteiger partial charge in [-0.1, -0.05) is 0 Å². The van der Waals surface area contributed by atoms with Crippen LogP contribution in [-0.4, -0.2) is 70.9 Å². The van der Waals surface area contributed by atoms with Crippen LogP contribution in [0, 0.1) is 6.92 Å². The predicted molar refractivity (Wildman–Crippen MR) is 102 cm³/mol. The summed E-state index contributed by atoms with van der Waals surface area (Å²) in [6, 6.07) is 0.184. The number of aromatic nitrogens is 2. The third-order valence-electron chi connectivity index (χ3n) is 5.87. The number of hydrogen-bond donors (Lipinski definition) is 1. The fourth-order valence-electron chi connectivity index (χ4n) is 4.10. The lowest BCUT2D eigenvalue weighted by molar-refractivity contribution is 0.160. The van der Waals surface area contributed by atoms with Gasteiger partial charge in [-0.2, -0.15) is 9.40 Å². The van der Waals surface area contributed by atoms with E-state index in [9.17, 15) is 13.2 Å². The second-order valence-corrected chi connectivity index (χ2v) is 10.3. The van der Waals surface area contributed by atoms with E-state index in [1.807, 2.05) is 22.7 Å². The van der Waals surface area contributed by atoms with Crippen molar-refractivity contribution in [3.63, 3.8) is 0 Å². The smallest absolute Gasteiger partial charge is 0.317 e. The molecule has 3 heterocycles. The van der Waals surface area contributed by atoms with Crippen LogP contribution in [0.15, 0.2) is 12.4 Å². The number of hydrogen-bond acceptors (Lipinski definition) is 4. The predicted octanol–water partition coefficient (Wildman–Crippen LogP) is 1.49. The van der Waals surface area contributed by atoms with Crippen LogP contribution < -0.4 is 5.32 Å². The Morgan fingerprint density at radius 3 is 2.52 bits per heavy atom. The molecule has 4 rings (SSSR count). The summed E-state index contributed by atoms with van der Waals surface area (Å²) in [4.78, 5) is 14.5. The first-order valence-corrected chi connectivity index (χ1v) is 11.5. The molecule has 8 nitrogen and oxygen atoms in total. The minimum absolute atomic E-state index is 0.0687. The average molecular weight is 396 g/mol. The van der Waals surface area contributed by atoms with Crippen molar-refractivity contribution >= 4 is 16.1 Å². The van der Waals surface area contributed by atoms with Gasteiger partial charge in [0.25, 0.3) is 0 Å². The summed E-state index contributed by atoms with van der Waals surface area (Å²) in [5, 5.41) is 7.27. The Morgan fingerprint density at radius 2 is 1.89 bits per heavy atom. The van der Waals surface area contributed by atoms with E-state index in [4.69, 9.17) is 0 Å². The number of carbonyl (C=O) groups excluding carboxylic acids is 1. The van der Waals surface area contributed by atoms with Crippen molar-refractivity contribution in [3.8, 4) is 0 Å². The van der Waals surface area contributed by atoms with E-state index in [2.05, 4.69) is 16.6 Å². The standard InChI is InChI=1S/C18H29N5O3S/c1-14-11-19-23(12-14)16-6-9-21(10-7-16)18(24)20-15-3-2-8-22(13-15)27(25,26)17-4-5-17/h11-12,15-17H,2-10,13H2,1H3,(H,20,24)/t15-/m1/s1. The van der Waals surface area contributed by atoms with Gasteiger partial charge in [-0.3, -0.25) is 4.68 Å². The minimum atomic E-state index is -3.16. The summed E-state index contributed by atoms with van der Waals surface area (Å²) in [6.45, 7) is 4.43. The zero-order chi connectivity index (χ0) is 19.0. The maximum absolute atomic E-state index is 12.6. The van der Waals surface area contributed by atoms with Gasteiger partial charge >= 0.3 is 6.03 Å². The van der Waals surface area contributed by atoms with Crippen molar-refractivity contribution in [2.24, 2.45) is 0 Å². The van der Waals surface area contributed by atoms with Crippen LogP contribution in [-0.2, 0) is 10.0 Å². The largest absolute Gasteiger partial charge is 0.334 e. The Balaban J connectivity index is 1.28. The lowest BCUT2D eigenvalue weighted by Crippen LogP contribution is -2.54. The van der Waals surface area contributed by atoms with E-state index in [1.165, 1.54) is 0 Å². The molecule has 1 N–H and O–H groups in total. The molecule has 2 amide bonds. The molecule has 0 bridgehead atoms. The second-order valence-electron chi connectivity index (χ2n) is 8.11. The van der Waals surface area contributed by atoms with Crippen LogP contribution in [0.25, 0.3) is 0 Å². The maximum Gasteiger partial charge on any atom is 0.317 e. The third-order valence-corrected chi connectivity index (χ3v) is 8.24. The maximum atomic E-state index is 12.6. The Kier molecular flexibility index (Phi) is 5.15. The first-order chi connectivity index (χ1) is 12.9. The van der Waals surface area contributed by atoms with Crippen LogP contribution in [0.5, 0.6) is 0 Å². The number of nitrogens with zero attached hydrogens (tertiary/aromatic N) is 4. The Hall–Kier alpha value is -1.61. The molecule has 3 fully saturated rings. The fourth-order valence-corrected chi connectivity index (χ4v) is 6.02. The van der Waals surface area contributed by atoms with E-state index < -0.39 is 10.0 Å². The molecule has 0 radical (unpaired) electrons. The van der Waals surface area contributed by atoms with Crippen LogP contribution in [0.4, 0.5) is 4.79 Å². The van der Waals surface area contributed by atoms with Crippen molar-refractivity contribution in [3.05, 3.63) is 18.0 Å². The minimum Gasteiger partial charge on any atom is -0.334 e. The molecule has 3 aliphatic rings. The van der Waals surface area contributed by atoms with E-state index >= 15 is 0 Å². The number of likely N-dealkylation sites (tertiary alicyclic amines) is 1. The Labute approximate surface area is 160 Å². The van der Waals surface area contributed by atoms with Gasteiger partial charge in [0.2, 0.25) is 10.0 Å². The van der Waals surface area contributed by atoms with E-state index in [-0.39, 0.29) is 17.3 Å². The lowest BCUT2D eigenvalue weighted by atomic mass is 10.1. The number of piperidine rings is 2. The van der Waals surface area contributed by atoms with E-state index in [0.717, 1.165) is 44.1 Å². The zero-order valence-corrected chi connectivity index (χ0v) is 16.7. The van der Waals surface area contributed by atoms with E-state index in [1.54, 1.807) is 4.31 Å². The first-order valence-electron chi connectivity index (χ1n) is 9.98. The topological polar surface area (TPSA) is 87.5 Å². The van der Waals surface area contributed by atoms with Crippen LogP contribution >= 0.6 is 0 Å². The molecule has 1 aromatic rings. The molecule has 1 aromatic heterocycles. The van der Waals surface area contributed by atoms with Crippen LogP contribution in [0.1, 0.15) is 50.1 Å². The van der Waals surface area contributed by atoms with Gasteiger partial charge < -0.3 is 10.2 Å². The van der Waals surface area contributed by atoms with Crippen molar-refractivity contribution in [1.82, 2.24) is 24.3 Å². The Morgan fingerprint density at radius 1 is 1.15 bits per heavy atom. The van der Waals surface area contributed by atoms with Crippen molar-refractivity contribution in [1.29, 1.82) is 0 Å². The van der Waals surface area contributed by atoms with Gasteiger partial charge in [-0.15, -0.1) is 0 Å². The van der Waals surface area contributed by atoms with Crippen molar-refractivity contribution in [2.75, 3.05) is 26.2 Å². The van der Waals surface area contributed by atoms with Crippen molar-refractivity contribution < 1.29 is 13.2 Å². The fraction of sp³-hybridized carbons (Fsp3) is 0.778. The van der Waals surface area contributed by atoms with Gasteiger partial charge in [-0.25, -0.2) is 13.2 Å². The highest BCUT2D eigenvalue weighted by molar-refractivity contribution is 7.90. The Bertz CT molecular complexity index is 781. The summed E-state index contributed by atoms with van der Waals surface area (Å²) >= 11 is 0. The number of aryl methyl sites for hydroxylation is 1. The highest BCUT2D eigenvalue weighted by atomic mass is 32.2. The molecule has 9 heteroatoms. The second kappa shape index (κ2) is 7.43. The van der Waals surface area contributed by atoms with Crippen LogP contribution in [0.3, 0.4) is 0 Å². The molecule has 150 valence electrons. The first kappa shape index (κ1) is 18.7. The number of carbonyl (C=O) groups is 1.